The number of thioether (sulfide) groups is 1. The van der Waals surface area contributed by atoms with Crippen LogP contribution in [0, 0.1) is 0 Å². The number of anilines is 2. The summed E-state index contributed by atoms with van der Waals surface area (Å²) in [6, 6.07) is 12.4. The van der Waals surface area contributed by atoms with Crippen molar-refractivity contribution in [2.24, 2.45) is 0 Å². The number of nitrogens with one attached hydrogen (secondary N) is 1. The molecule has 0 bridgehead atoms. The zero-order valence-corrected chi connectivity index (χ0v) is 18.8. The van der Waals surface area contributed by atoms with Gasteiger partial charge in [0.1, 0.15) is 6.54 Å². The fraction of sp³-hybridized carbons (Fsp3) is 0.348. The van der Waals surface area contributed by atoms with Gasteiger partial charge in [-0.05, 0) is 37.1 Å². The van der Waals surface area contributed by atoms with Gasteiger partial charge in [-0.25, -0.2) is 0 Å². The molecule has 2 aliphatic rings. The van der Waals surface area contributed by atoms with E-state index in [1.54, 1.807) is 29.2 Å². The second kappa shape index (κ2) is 9.52. The fourth-order valence-electron chi connectivity index (χ4n) is 3.90. The van der Waals surface area contributed by atoms with Crippen LogP contribution in [0.25, 0.3) is 0 Å². The molecule has 1 N–H and O–H groups in total. The van der Waals surface area contributed by atoms with Crippen molar-refractivity contribution in [2.45, 2.75) is 23.0 Å². The molecule has 2 heterocycles. The highest BCUT2D eigenvalue weighted by molar-refractivity contribution is 8.01. The summed E-state index contributed by atoms with van der Waals surface area (Å²) >= 11 is 1.26. The summed E-state index contributed by atoms with van der Waals surface area (Å²) in [6.45, 7) is 1.14. The third kappa shape index (κ3) is 4.38. The lowest BCUT2D eigenvalue weighted by atomic mass is 10.2. The predicted octanol–water partition coefficient (Wildman–Crippen LogP) is 2.77. The number of ether oxygens (including phenoxy) is 2. The van der Waals surface area contributed by atoms with Crippen molar-refractivity contribution >= 4 is 40.9 Å². The standard InChI is InChI=1S/C23H25N3O5S/c1-30-17-10-9-15(13-18(17)31-2)24-20(27)14-26-16-7-3-4-8-19(16)32-21(23(26)29)22(28)25-11-5-6-12-25/h3-4,7-10,13,21H,5-6,11-12,14H2,1-2H3,(H,24,27)/t21-/m0/s1. The molecule has 2 aromatic rings. The van der Waals surface area contributed by atoms with E-state index in [4.69, 9.17) is 9.47 Å². The highest BCUT2D eigenvalue weighted by atomic mass is 32.2. The second-order valence-corrected chi connectivity index (χ2v) is 8.69. The van der Waals surface area contributed by atoms with Crippen molar-refractivity contribution in [3.63, 3.8) is 0 Å². The molecule has 32 heavy (non-hydrogen) atoms. The number of para-hydroxylation sites is 1. The number of nitrogens with zero attached hydrogens (tertiary/aromatic N) is 2. The average Bonchev–Trinajstić information content (AvgIpc) is 3.35. The molecule has 0 unspecified atom stereocenters. The number of fused-ring (bicyclic) bond motifs is 1. The molecule has 168 valence electrons. The van der Waals surface area contributed by atoms with E-state index in [1.165, 1.54) is 30.9 Å². The molecule has 0 aliphatic carbocycles. The normalized spacial score (nSPS) is 17.7. The molecule has 1 atom stereocenters. The van der Waals surface area contributed by atoms with Gasteiger partial charge in [0, 0.05) is 29.7 Å². The molecule has 4 rings (SSSR count). The summed E-state index contributed by atoms with van der Waals surface area (Å²) < 4.78 is 10.5. The second-order valence-electron chi connectivity index (χ2n) is 7.54. The number of hydrogen-bond acceptors (Lipinski definition) is 6. The van der Waals surface area contributed by atoms with Crippen molar-refractivity contribution < 1.29 is 23.9 Å². The van der Waals surface area contributed by atoms with Gasteiger partial charge < -0.3 is 24.6 Å². The van der Waals surface area contributed by atoms with Crippen LogP contribution in [0.5, 0.6) is 11.5 Å². The fourth-order valence-corrected chi connectivity index (χ4v) is 5.09. The quantitative estimate of drug-likeness (QED) is 0.674. The molecular weight excluding hydrogens is 430 g/mol. The number of hydrogen-bond donors (Lipinski definition) is 1. The average molecular weight is 456 g/mol. The van der Waals surface area contributed by atoms with Crippen LogP contribution in [-0.2, 0) is 14.4 Å². The number of amides is 3. The van der Waals surface area contributed by atoms with E-state index in [1.807, 2.05) is 18.2 Å². The first kappa shape index (κ1) is 22.0. The van der Waals surface area contributed by atoms with Gasteiger partial charge in [-0.2, -0.15) is 0 Å². The maximum absolute atomic E-state index is 13.3. The number of benzene rings is 2. The summed E-state index contributed by atoms with van der Waals surface area (Å²) in [5.74, 6) is 0.105. The van der Waals surface area contributed by atoms with Gasteiger partial charge in [-0.15, -0.1) is 11.8 Å². The number of carbonyl (C=O) groups is 3. The maximum atomic E-state index is 13.3. The molecule has 0 spiro atoms. The van der Waals surface area contributed by atoms with E-state index >= 15 is 0 Å². The third-order valence-corrected chi connectivity index (χ3v) is 6.74. The predicted molar refractivity (Wildman–Crippen MR) is 122 cm³/mol. The van der Waals surface area contributed by atoms with Crippen LogP contribution < -0.4 is 19.7 Å². The van der Waals surface area contributed by atoms with Crippen LogP contribution in [0.1, 0.15) is 12.8 Å². The lowest BCUT2D eigenvalue weighted by Gasteiger charge is -2.34. The van der Waals surface area contributed by atoms with Gasteiger partial charge in [0.15, 0.2) is 16.7 Å². The van der Waals surface area contributed by atoms with Gasteiger partial charge in [0.05, 0.1) is 19.9 Å². The van der Waals surface area contributed by atoms with Crippen molar-refractivity contribution in [1.82, 2.24) is 4.90 Å². The number of likely N-dealkylation sites (tertiary alicyclic amines) is 1. The summed E-state index contributed by atoms with van der Waals surface area (Å²) in [4.78, 5) is 43.1. The van der Waals surface area contributed by atoms with Crippen LogP contribution in [0.4, 0.5) is 11.4 Å². The van der Waals surface area contributed by atoms with E-state index in [0.29, 0.717) is 36.0 Å². The number of methoxy groups -OCH3 is 2. The van der Waals surface area contributed by atoms with Crippen LogP contribution in [0.2, 0.25) is 0 Å². The minimum atomic E-state index is -0.878. The smallest absolute Gasteiger partial charge is 0.250 e. The van der Waals surface area contributed by atoms with E-state index in [2.05, 4.69) is 5.32 Å². The van der Waals surface area contributed by atoms with Gasteiger partial charge in [-0.3, -0.25) is 14.4 Å². The van der Waals surface area contributed by atoms with E-state index in [-0.39, 0.29) is 24.3 Å². The molecule has 2 aliphatic heterocycles. The highest BCUT2D eigenvalue weighted by Crippen LogP contribution is 2.40. The molecule has 9 heteroatoms. The van der Waals surface area contributed by atoms with Crippen molar-refractivity contribution in [3.8, 4) is 11.5 Å². The van der Waals surface area contributed by atoms with E-state index in [0.717, 1.165) is 17.7 Å². The Balaban J connectivity index is 1.54. The Hall–Kier alpha value is -3.20. The first-order chi connectivity index (χ1) is 15.5. The van der Waals surface area contributed by atoms with E-state index in [9.17, 15) is 14.4 Å². The molecule has 2 aromatic carbocycles. The third-order valence-electron chi connectivity index (χ3n) is 5.50. The zero-order valence-electron chi connectivity index (χ0n) is 18.0. The Morgan fingerprint density at radius 3 is 2.50 bits per heavy atom. The SMILES string of the molecule is COc1ccc(NC(=O)CN2C(=O)[C@H](C(=O)N3CCCC3)Sc3ccccc32)cc1OC. The highest BCUT2D eigenvalue weighted by Gasteiger charge is 2.41. The Kier molecular flexibility index (Phi) is 6.55. The number of carbonyl (C=O) groups excluding carboxylic acids is 3. The van der Waals surface area contributed by atoms with Crippen LogP contribution >= 0.6 is 11.8 Å². The van der Waals surface area contributed by atoms with Gasteiger partial charge in [-0.1, -0.05) is 12.1 Å². The zero-order chi connectivity index (χ0) is 22.7. The van der Waals surface area contributed by atoms with Crippen LogP contribution in [0.3, 0.4) is 0 Å². The molecule has 1 saturated heterocycles. The van der Waals surface area contributed by atoms with Crippen molar-refractivity contribution in [3.05, 3.63) is 42.5 Å². The van der Waals surface area contributed by atoms with Crippen LogP contribution in [-0.4, -0.2) is 61.7 Å². The lowest BCUT2D eigenvalue weighted by molar-refractivity contribution is -0.134. The summed E-state index contributed by atoms with van der Waals surface area (Å²) in [6.07, 6.45) is 1.90. The molecule has 0 aromatic heterocycles. The Bertz CT molecular complexity index is 1040. The lowest BCUT2D eigenvalue weighted by Crippen LogP contribution is -2.51. The van der Waals surface area contributed by atoms with E-state index < -0.39 is 5.25 Å². The first-order valence-electron chi connectivity index (χ1n) is 10.4. The van der Waals surface area contributed by atoms with Crippen molar-refractivity contribution in [2.75, 3.05) is 44.1 Å². The summed E-state index contributed by atoms with van der Waals surface area (Å²) in [5.41, 5.74) is 1.15. The molecule has 0 radical (unpaired) electrons. The molecular formula is C23H25N3O5S. The minimum Gasteiger partial charge on any atom is -0.493 e. The maximum Gasteiger partial charge on any atom is 0.250 e. The molecule has 8 nitrogen and oxygen atoms in total. The summed E-state index contributed by atoms with van der Waals surface area (Å²) in [5, 5.41) is 1.92. The van der Waals surface area contributed by atoms with Gasteiger partial charge >= 0.3 is 0 Å². The monoisotopic (exact) mass is 455 g/mol. The first-order valence-corrected chi connectivity index (χ1v) is 11.3. The Morgan fingerprint density at radius 2 is 1.78 bits per heavy atom. The molecule has 1 fully saturated rings. The topological polar surface area (TPSA) is 88.2 Å². The largest absolute Gasteiger partial charge is 0.493 e. The van der Waals surface area contributed by atoms with Gasteiger partial charge in [0.25, 0.3) is 5.91 Å². The Labute approximate surface area is 190 Å². The molecule has 0 saturated carbocycles. The minimum absolute atomic E-state index is 0.183. The number of rotatable bonds is 6. The van der Waals surface area contributed by atoms with Crippen LogP contribution in [0.15, 0.2) is 47.4 Å². The molecule has 3 amide bonds. The summed E-state index contributed by atoms with van der Waals surface area (Å²) in [7, 11) is 3.05. The van der Waals surface area contributed by atoms with Crippen molar-refractivity contribution in [1.29, 1.82) is 0 Å². The van der Waals surface area contributed by atoms with Gasteiger partial charge in [0.2, 0.25) is 11.8 Å². The Morgan fingerprint density at radius 1 is 1.06 bits per heavy atom.